The lowest BCUT2D eigenvalue weighted by Gasteiger charge is -2.30. The van der Waals surface area contributed by atoms with Gasteiger partial charge in [-0.05, 0) is 57.7 Å². The highest BCUT2D eigenvalue weighted by Gasteiger charge is 2.27. The van der Waals surface area contributed by atoms with Crippen LogP contribution < -0.4 is 11.1 Å². The summed E-state index contributed by atoms with van der Waals surface area (Å²) in [5.74, 6) is 0.943. The van der Waals surface area contributed by atoms with Gasteiger partial charge in [-0.15, -0.1) is 0 Å². The number of carbonyl (C=O) groups is 1. The number of hydrogen-bond donors (Lipinski definition) is 2. The second-order valence-corrected chi connectivity index (χ2v) is 12.5. The maximum atomic E-state index is 12.5. The lowest BCUT2D eigenvalue weighted by atomic mass is 9.86. The summed E-state index contributed by atoms with van der Waals surface area (Å²) < 4.78 is 24.6. The molecule has 0 unspecified atom stereocenters. The summed E-state index contributed by atoms with van der Waals surface area (Å²) in [6, 6.07) is 0. The number of allylic oxidation sites excluding steroid dienone is 1. The van der Waals surface area contributed by atoms with Crippen LogP contribution in [0.1, 0.15) is 86.5 Å². The van der Waals surface area contributed by atoms with E-state index in [0.717, 1.165) is 31.0 Å². The second-order valence-electron chi connectivity index (χ2n) is 10.5. The first kappa shape index (κ1) is 34.4. The van der Waals surface area contributed by atoms with Gasteiger partial charge in [0.15, 0.2) is 0 Å². The van der Waals surface area contributed by atoms with Gasteiger partial charge < -0.3 is 11.1 Å². The van der Waals surface area contributed by atoms with Crippen LogP contribution in [-0.4, -0.2) is 70.5 Å². The second kappa shape index (κ2) is 17.0. The standard InChI is InChI=1S/C18H32N4O3S.C7H15N.C2H6/c1-13(15(19-5)16(20-6)18(2,3)4)17(23)21-12-14-8-10-22(11-9-14)26(7,24)25;8-6-7-4-2-1-3-5-7;1-2/h14H,5,8-12H2,1-4,6-7H3,(H,21,23);7H,1-6,8H2;1-2H3/b15-13-,20-16?;;. The Morgan fingerprint density at radius 1 is 1.06 bits per heavy atom. The van der Waals surface area contributed by atoms with Crippen LogP contribution in [0.4, 0.5) is 0 Å². The van der Waals surface area contributed by atoms with E-state index >= 15 is 0 Å². The molecule has 0 spiro atoms. The molecule has 210 valence electrons. The quantitative estimate of drug-likeness (QED) is 0.376. The molecule has 1 saturated heterocycles. The van der Waals surface area contributed by atoms with Crippen LogP contribution in [0.15, 0.2) is 21.3 Å². The minimum Gasteiger partial charge on any atom is -0.352 e. The van der Waals surface area contributed by atoms with Gasteiger partial charge in [0.05, 0.1) is 17.7 Å². The van der Waals surface area contributed by atoms with E-state index in [1.807, 2.05) is 34.6 Å². The van der Waals surface area contributed by atoms with Crippen molar-refractivity contribution in [3.05, 3.63) is 11.3 Å². The molecule has 1 saturated carbocycles. The third-order valence-electron chi connectivity index (χ3n) is 6.66. The molecule has 1 aliphatic heterocycles. The number of nitrogens with two attached hydrogens (primary N) is 1. The molecule has 0 aromatic heterocycles. The number of rotatable bonds is 7. The zero-order valence-electron chi connectivity index (χ0n) is 24.2. The van der Waals surface area contributed by atoms with Gasteiger partial charge in [-0.25, -0.2) is 12.7 Å². The minimum atomic E-state index is -3.13. The van der Waals surface area contributed by atoms with E-state index in [0.29, 0.717) is 30.9 Å². The van der Waals surface area contributed by atoms with E-state index in [9.17, 15) is 13.2 Å². The predicted octanol–water partition coefficient (Wildman–Crippen LogP) is 4.42. The fourth-order valence-electron chi connectivity index (χ4n) is 4.51. The Morgan fingerprint density at radius 3 is 1.94 bits per heavy atom. The van der Waals surface area contributed by atoms with Crippen molar-refractivity contribution < 1.29 is 13.2 Å². The SMILES string of the molecule is C=N/C(C(=NC)C(C)(C)C)=C(/C)C(=O)NCC1CCN(S(C)(=O)=O)CC1.CC.NCC1CCCCC1. The molecule has 0 radical (unpaired) electrons. The van der Waals surface area contributed by atoms with Crippen molar-refractivity contribution >= 4 is 28.4 Å². The molecule has 0 bridgehead atoms. The average molecular weight is 528 g/mol. The highest BCUT2D eigenvalue weighted by molar-refractivity contribution is 7.88. The largest absolute Gasteiger partial charge is 0.352 e. The molecule has 3 N–H and O–H groups in total. The Morgan fingerprint density at radius 2 is 1.58 bits per heavy atom. The summed E-state index contributed by atoms with van der Waals surface area (Å²) >= 11 is 0. The maximum absolute atomic E-state index is 12.5. The summed E-state index contributed by atoms with van der Waals surface area (Å²) in [6.45, 7) is 17.8. The van der Waals surface area contributed by atoms with Gasteiger partial charge in [0.25, 0.3) is 0 Å². The molecule has 1 aliphatic carbocycles. The number of hydrogen-bond acceptors (Lipinski definition) is 6. The lowest BCUT2D eigenvalue weighted by Crippen LogP contribution is -2.41. The average Bonchev–Trinajstić information content (AvgIpc) is 2.86. The third kappa shape index (κ3) is 12.1. The number of nitrogens with zero attached hydrogens (tertiary/aromatic N) is 3. The topological polar surface area (TPSA) is 117 Å². The van der Waals surface area contributed by atoms with Gasteiger partial charge in [-0.1, -0.05) is 53.9 Å². The van der Waals surface area contributed by atoms with Crippen LogP contribution in [0, 0.1) is 17.3 Å². The lowest BCUT2D eigenvalue weighted by molar-refractivity contribution is -0.117. The summed E-state index contributed by atoms with van der Waals surface area (Å²) in [5, 5.41) is 2.94. The Balaban J connectivity index is 0.00000102. The highest BCUT2D eigenvalue weighted by atomic mass is 32.2. The van der Waals surface area contributed by atoms with Gasteiger partial charge in [-0.2, -0.15) is 0 Å². The van der Waals surface area contributed by atoms with E-state index in [1.165, 1.54) is 42.7 Å². The van der Waals surface area contributed by atoms with Crippen molar-refractivity contribution in [3.8, 4) is 0 Å². The first-order valence-electron chi connectivity index (χ1n) is 13.4. The Labute approximate surface area is 221 Å². The maximum Gasteiger partial charge on any atom is 0.249 e. The number of nitrogens with one attached hydrogen (secondary N) is 1. The molecule has 8 nitrogen and oxygen atoms in total. The predicted molar refractivity (Wildman–Crippen MR) is 154 cm³/mol. The van der Waals surface area contributed by atoms with Crippen molar-refractivity contribution in [3.63, 3.8) is 0 Å². The van der Waals surface area contributed by atoms with Crippen molar-refractivity contribution in [2.24, 2.45) is 33.0 Å². The smallest absolute Gasteiger partial charge is 0.249 e. The van der Waals surface area contributed by atoms with E-state index in [4.69, 9.17) is 5.73 Å². The van der Waals surface area contributed by atoms with E-state index in [-0.39, 0.29) is 17.2 Å². The van der Waals surface area contributed by atoms with Gasteiger partial charge >= 0.3 is 0 Å². The van der Waals surface area contributed by atoms with Gasteiger partial charge in [0.1, 0.15) is 0 Å². The van der Waals surface area contributed by atoms with Crippen molar-refractivity contribution in [1.29, 1.82) is 0 Å². The molecule has 36 heavy (non-hydrogen) atoms. The van der Waals surface area contributed by atoms with Gasteiger partial charge in [0, 0.05) is 37.7 Å². The molecule has 0 aromatic rings. The number of aliphatic imine (C=N–C) groups is 2. The Bertz CT molecular complexity index is 830. The van der Waals surface area contributed by atoms with Gasteiger partial charge in [0.2, 0.25) is 15.9 Å². The van der Waals surface area contributed by atoms with Crippen LogP contribution in [0.5, 0.6) is 0 Å². The Kier molecular flexibility index (Phi) is 16.3. The molecule has 1 heterocycles. The van der Waals surface area contributed by atoms with Crippen molar-refractivity contribution in [1.82, 2.24) is 9.62 Å². The molecular formula is C27H53N5O3S. The molecule has 2 fully saturated rings. The van der Waals surface area contributed by atoms with E-state index in [1.54, 1.807) is 14.0 Å². The molecular weight excluding hydrogens is 474 g/mol. The molecule has 1 amide bonds. The highest BCUT2D eigenvalue weighted by Crippen LogP contribution is 2.25. The molecule has 2 rings (SSSR count). The number of piperidine rings is 1. The summed E-state index contributed by atoms with van der Waals surface area (Å²) in [4.78, 5) is 20.9. The van der Waals surface area contributed by atoms with Crippen molar-refractivity contribution in [2.75, 3.05) is 39.5 Å². The van der Waals surface area contributed by atoms with Crippen LogP contribution in [0.25, 0.3) is 0 Å². The molecule has 9 heteroatoms. The van der Waals surface area contributed by atoms with Gasteiger partial charge in [-0.3, -0.25) is 14.8 Å². The van der Waals surface area contributed by atoms with Crippen LogP contribution in [0.2, 0.25) is 0 Å². The Hall–Kier alpha value is -1.58. The normalized spacial score (nSPS) is 19.2. The van der Waals surface area contributed by atoms with Crippen LogP contribution >= 0.6 is 0 Å². The fourth-order valence-corrected chi connectivity index (χ4v) is 5.39. The first-order valence-corrected chi connectivity index (χ1v) is 15.3. The number of carbonyl (C=O) groups excluding carboxylic acids is 1. The summed E-state index contributed by atoms with van der Waals surface area (Å²) in [6.07, 6.45) is 9.76. The molecule has 0 aromatic carbocycles. The fraction of sp³-hybridized carbons (Fsp3) is 0.815. The van der Waals surface area contributed by atoms with E-state index < -0.39 is 10.0 Å². The third-order valence-corrected chi connectivity index (χ3v) is 7.97. The number of amides is 1. The van der Waals surface area contributed by atoms with Crippen LogP contribution in [0.3, 0.4) is 0 Å². The monoisotopic (exact) mass is 527 g/mol. The summed E-state index contributed by atoms with van der Waals surface area (Å²) in [7, 11) is -1.44. The zero-order valence-corrected chi connectivity index (χ0v) is 25.0. The van der Waals surface area contributed by atoms with Crippen LogP contribution in [-0.2, 0) is 14.8 Å². The van der Waals surface area contributed by atoms with Crippen molar-refractivity contribution in [2.45, 2.75) is 86.5 Å². The zero-order chi connectivity index (χ0) is 27.9. The van der Waals surface area contributed by atoms with E-state index in [2.05, 4.69) is 22.0 Å². The number of sulfonamides is 1. The first-order chi connectivity index (χ1) is 16.8. The molecule has 0 atom stereocenters. The minimum absolute atomic E-state index is 0.191. The molecule has 2 aliphatic rings. The summed E-state index contributed by atoms with van der Waals surface area (Å²) in [5.41, 5.74) is 7.00.